The van der Waals surface area contributed by atoms with Gasteiger partial charge in [-0.3, -0.25) is 4.79 Å². The predicted molar refractivity (Wildman–Crippen MR) is 82.3 cm³/mol. The predicted octanol–water partition coefficient (Wildman–Crippen LogP) is 2.71. The number of rotatable bonds is 9. The molecular weight excluding hydrogens is 304 g/mol. The van der Waals surface area contributed by atoms with Crippen molar-refractivity contribution in [1.82, 2.24) is 4.98 Å². The zero-order valence-corrected chi connectivity index (χ0v) is 13.4. The Balaban J connectivity index is 3.30. The molecule has 6 nitrogen and oxygen atoms in total. The number of nitrogens with zero attached hydrogens (tertiary/aromatic N) is 2. The fourth-order valence-electron chi connectivity index (χ4n) is 1.79. The number of carboxylic acid groups (broad SMARTS) is 1. The smallest absolute Gasteiger partial charge is 0.355 e. The molecule has 0 radical (unpaired) electrons. The van der Waals surface area contributed by atoms with Gasteiger partial charge in [-0.15, -0.1) is 11.8 Å². The molecule has 22 heavy (non-hydrogen) atoms. The number of hydrogen-bond donors (Lipinski definition) is 1. The van der Waals surface area contributed by atoms with Crippen molar-refractivity contribution in [2.45, 2.75) is 38.0 Å². The summed E-state index contributed by atoms with van der Waals surface area (Å²) in [7, 11) is 0. The van der Waals surface area contributed by atoms with Crippen molar-refractivity contribution >= 4 is 23.5 Å². The van der Waals surface area contributed by atoms with Crippen LogP contribution < -0.4 is 4.74 Å². The van der Waals surface area contributed by atoms with Gasteiger partial charge in [0.25, 0.3) is 0 Å². The normalized spacial score (nSPS) is 10.0. The molecule has 0 saturated carbocycles. The topological polar surface area (TPSA) is 100 Å². The summed E-state index contributed by atoms with van der Waals surface area (Å²) in [6.45, 7) is 3.82. The van der Waals surface area contributed by atoms with Gasteiger partial charge in [0.05, 0.1) is 18.7 Å². The molecule has 0 fully saturated rings. The molecule has 0 amide bonds. The van der Waals surface area contributed by atoms with E-state index in [0.717, 1.165) is 0 Å². The maximum atomic E-state index is 11.8. The first kappa shape index (κ1) is 18.0. The Labute approximate surface area is 133 Å². The number of nitriles is 1. The van der Waals surface area contributed by atoms with Crippen molar-refractivity contribution in [3.05, 3.63) is 17.5 Å². The Bertz CT molecular complexity index is 596. The van der Waals surface area contributed by atoms with Gasteiger partial charge in [-0.25, -0.2) is 9.78 Å². The third kappa shape index (κ3) is 4.74. The number of thioether (sulfide) groups is 1. The molecule has 0 saturated heterocycles. The molecule has 1 rings (SSSR count). The number of aromatic carboxylic acids is 1. The van der Waals surface area contributed by atoms with Crippen LogP contribution in [0.5, 0.6) is 5.75 Å². The van der Waals surface area contributed by atoms with Gasteiger partial charge in [-0.2, -0.15) is 5.26 Å². The molecule has 1 aromatic rings. The molecule has 0 bridgehead atoms. The monoisotopic (exact) mass is 322 g/mol. The molecule has 0 aliphatic heterocycles. The maximum absolute atomic E-state index is 11.8. The van der Waals surface area contributed by atoms with Crippen molar-refractivity contribution in [3.8, 4) is 11.8 Å². The molecule has 0 spiro atoms. The van der Waals surface area contributed by atoms with Gasteiger partial charge in [0.2, 0.25) is 0 Å². The van der Waals surface area contributed by atoms with E-state index in [9.17, 15) is 14.7 Å². The number of ketones is 1. The summed E-state index contributed by atoms with van der Waals surface area (Å²) in [4.78, 5) is 27.5. The molecule has 118 valence electrons. The van der Waals surface area contributed by atoms with E-state index in [1.165, 1.54) is 18.0 Å². The second kappa shape index (κ2) is 9.05. The lowest BCUT2D eigenvalue weighted by atomic mass is 10.1. The highest BCUT2D eigenvalue weighted by atomic mass is 32.2. The van der Waals surface area contributed by atoms with Gasteiger partial charge in [0, 0.05) is 23.3 Å². The van der Waals surface area contributed by atoms with E-state index in [1.807, 2.05) is 13.0 Å². The molecule has 0 aliphatic rings. The fraction of sp³-hybridized carbons (Fsp3) is 0.467. The van der Waals surface area contributed by atoms with E-state index in [-0.39, 0.29) is 30.9 Å². The Morgan fingerprint density at radius 2 is 2.18 bits per heavy atom. The van der Waals surface area contributed by atoms with Gasteiger partial charge >= 0.3 is 5.97 Å². The van der Waals surface area contributed by atoms with Gasteiger partial charge in [0.15, 0.2) is 5.69 Å². The molecule has 1 heterocycles. The summed E-state index contributed by atoms with van der Waals surface area (Å²) in [5.41, 5.74) is 0.474. The van der Waals surface area contributed by atoms with Crippen LogP contribution in [0.15, 0.2) is 11.1 Å². The van der Waals surface area contributed by atoms with Crippen LogP contribution in [-0.4, -0.2) is 34.2 Å². The number of ether oxygens (including phenoxy) is 1. The highest BCUT2D eigenvalue weighted by molar-refractivity contribution is 7.99. The van der Waals surface area contributed by atoms with Gasteiger partial charge in [0.1, 0.15) is 18.1 Å². The van der Waals surface area contributed by atoms with Crippen LogP contribution in [-0.2, 0) is 11.2 Å². The van der Waals surface area contributed by atoms with E-state index in [1.54, 1.807) is 6.92 Å². The lowest BCUT2D eigenvalue weighted by Crippen LogP contribution is -2.12. The van der Waals surface area contributed by atoms with Crippen molar-refractivity contribution in [1.29, 1.82) is 5.26 Å². The minimum atomic E-state index is -1.13. The number of carbonyl (C=O) groups is 2. The largest absolute Gasteiger partial charge is 0.491 e. The molecule has 0 atom stereocenters. The first-order chi connectivity index (χ1) is 10.5. The van der Waals surface area contributed by atoms with Crippen LogP contribution in [0.1, 0.15) is 42.7 Å². The Kier molecular flexibility index (Phi) is 7.40. The summed E-state index contributed by atoms with van der Waals surface area (Å²) < 4.78 is 5.50. The van der Waals surface area contributed by atoms with Crippen molar-refractivity contribution in [3.63, 3.8) is 0 Å². The molecule has 0 unspecified atom stereocenters. The standard InChI is InChI=1S/C15H18N2O4S/c1-3-10(18)8-11-12(21-7-5-6-16)9-17-13(15(19)20)14(11)22-4-2/h9H,3-5,7-8H2,1-2H3,(H,19,20). The average molecular weight is 322 g/mol. The number of aromatic nitrogens is 1. The highest BCUT2D eigenvalue weighted by Crippen LogP contribution is 2.33. The van der Waals surface area contributed by atoms with Gasteiger partial charge in [-0.1, -0.05) is 13.8 Å². The Morgan fingerprint density at radius 1 is 1.45 bits per heavy atom. The van der Waals surface area contributed by atoms with E-state index in [0.29, 0.717) is 28.4 Å². The zero-order chi connectivity index (χ0) is 16.5. The third-order valence-electron chi connectivity index (χ3n) is 2.83. The Hall–Kier alpha value is -2.07. The summed E-state index contributed by atoms with van der Waals surface area (Å²) in [5, 5.41) is 17.8. The van der Waals surface area contributed by atoms with Crippen molar-refractivity contribution < 1.29 is 19.4 Å². The lowest BCUT2D eigenvalue weighted by Gasteiger charge is -2.15. The fourth-order valence-corrected chi connectivity index (χ4v) is 2.70. The van der Waals surface area contributed by atoms with E-state index < -0.39 is 5.97 Å². The van der Waals surface area contributed by atoms with Crippen molar-refractivity contribution in [2.24, 2.45) is 0 Å². The quantitative estimate of drug-likeness (QED) is 0.551. The van der Waals surface area contributed by atoms with Crippen LogP contribution in [0.3, 0.4) is 0 Å². The molecular formula is C15H18N2O4S. The van der Waals surface area contributed by atoms with Crippen LogP contribution >= 0.6 is 11.8 Å². The van der Waals surface area contributed by atoms with Gasteiger partial charge < -0.3 is 9.84 Å². The highest BCUT2D eigenvalue weighted by Gasteiger charge is 2.21. The first-order valence-electron chi connectivity index (χ1n) is 6.94. The summed E-state index contributed by atoms with van der Waals surface area (Å²) >= 11 is 1.32. The SMILES string of the molecule is CCSc1c(C(=O)O)ncc(OCCC#N)c1CC(=O)CC. The van der Waals surface area contributed by atoms with Crippen LogP contribution in [0, 0.1) is 11.3 Å². The maximum Gasteiger partial charge on any atom is 0.355 e. The molecule has 1 aromatic heterocycles. The Morgan fingerprint density at radius 3 is 2.73 bits per heavy atom. The van der Waals surface area contributed by atoms with E-state index in [4.69, 9.17) is 10.00 Å². The van der Waals surface area contributed by atoms with Crippen LogP contribution in [0.4, 0.5) is 0 Å². The number of carboxylic acids is 1. The molecule has 1 N–H and O–H groups in total. The second-order valence-electron chi connectivity index (χ2n) is 4.34. The van der Waals surface area contributed by atoms with Crippen molar-refractivity contribution in [2.75, 3.05) is 12.4 Å². The summed E-state index contributed by atoms with van der Waals surface area (Å²) in [5.74, 6) is -0.120. The van der Waals surface area contributed by atoms with Gasteiger partial charge in [-0.05, 0) is 5.75 Å². The summed E-state index contributed by atoms with van der Waals surface area (Å²) in [6.07, 6.45) is 1.99. The second-order valence-corrected chi connectivity index (χ2v) is 5.62. The number of hydrogen-bond acceptors (Lipinski definition) is 6. The minimum Gasteiger partial charge on any atom is -0.491 e. The van der Waals surface area contributed by atoms with Crippen LogP contribution in [0.2, 0.25) is 0 Å². The van der Waals surface area contributed by atoms with E-state index in [2.05, 4.69) is 4.98 Å². The summed E-state index contributed by atoms with van der Waals surface area (Å²) in [6, 6.07) is 1.97. The lowest BCUT2D eigenvalue weighted by molar-refractivity contribution is -0.118. The molecule has 0 aromatic carbocycles. The average Bonchev–Trinajstić information content (AvgIpc) is 2.49. The number of Topliss-reactive ketones (excluding diaryl/α,β-unsaturated/α-hetero) is 1. The third-order valence-corrected chi connectivity index (χ3v) is 3.85. The zero-order valence-electron chi connectivity index (χ0n) is 12.6. The van der Waals surface area contributed by atoms with Crippen LogP contribution in [0.25, 0.3) is 0 Å². The number of pyridine rings is 1. The molecule has 7 heteroatoms. The molecule has 0 aliphatic carbocycles. The first-order valence-corrected chi connectivity index (χ1v) is 7.93. The minimum absolute atomic E-state index is 0.00868. The van der Waals surface area contributed by atoms with E-state index >= 15 is 0 Å². The number of carbonyl (C=O) groups excluding carboxylic acids is 1.